The molecule has 0 saturated carbocycles. The number of carbonyl (C=O) groups is 2. The Hall–Kier alpha value is -3.59. The number of nitrogens with zero attached hydrogens (tertiary/aromatic N) is 2. The summed E-state index contributed by atoms with van der Waals surface area (Å²) in [6.45, 7) is 3.22. The van der Waals surface area contributed by atoms with Crippen molar-refractivity contribution in [2.24, 2.45) is 0 Å². The Bertz CT molecular complexity index is 1280. The molecule has 0 aliphatic rings. The van der Waals surface area contributed by atoms with Crippen LogP contribution >= 0.6 is 11.3 Å². The maximum Gasteiger partial charge on any atom is 0.349 e. The molecule has 0 spiro atoms. The van der Waals surface area contributed by atoms with Crippen LogP contribution in [0.5, 0.6) is 0 Å². The number of carbonyl (C=O) groups excluding carboxylic acids is 2. The Morgan fingerprint density at radius 2 is 1.87 bits per heavy atom. The molecule has 0 radical (unpaired) electrons. The van der Waals surface area contributed by atoms with Crippen LogP contribution in [0, 0.1) is 18.6 Å². The number of ether oxygens (including phenoxy) is 1. The van der Waals surface area contributed by atoms with E-state index in [0.717, 1.165) is 33.7 Å². The fraction of sp³-hybridized carbons (Fsp3) is 0.136. The molecule has 0 aliphatic heterocycles. The van der Waals surface area contributed by atoms with Gasteiger partial charge in [0.05, 0.1) is 17.1 Å². The third-order valence-electron chi connectivity index (χ3n) is 4.59. The molecular weight excluding hydrogens is 424 g/mol. The second-order valence-electron chi connectivity index (χ2n) is 6.82. The number of hydrogen-bond donors (Lipinski definition) is 1. The fourth-order valence-electron chi connectivity index (χ4n) is 2.99. The molecule has 0 aliphatic carbocycles. The van der Waals surface area contributed by atoms with Crippen LogP contribution in [0.15, 0.2) is 54.6 Å². The summed E-state index contributed by atoms with van der Waals surface area (Å²) in [5.74, 6) is -3.09. The lowest BCUT2D eigenvalue weighted by molar-refractivity contribution is -0.123. The summed E-state index contributed by atoms with van der Waals surface area (Å²) in [7, 11) is 0. The summed E-state index contributed by atoms with van der Waals surface area (Å²) in [6.07, 6.45) is -1.19. The van der Waals surface area contributed by atoms with Crippen molar-refractivity contribution >= 4 is 39.1 Å². The number of thiophene rings is 1. The molecule has 6 nitrogen and oxygen atoms in total. The van der Waals surface area contributed by atoms with E-state index in [-0.39, 0.29) is 5.69 Å². The van der Waals surface area contributed by atoms with Crippen molar-refractivity contribution in [1.29, 1.82) is 0 Å². The van der Waals surface area contributed by atoms with E-state index in [1.165, 1.54) is 18.3 Å². The van der Waals surface area contributed by atoms with Crippen LogP contribution in [0.1, 0.15) is 22.3 Å². The van der Waals surface area contributed by atoms with Gasteiger partial charge in [0.15, 0.2) is 6.10 Å². The van der Waals surface area contributed by atoms with Gasteiger partial charge in [0.1, 0.15) is 21.3 Å². The summed E-state index contributed by atoms with van der Waals surface area (Å²) < 4.78 is 33.7. The first-order valence-electron chi connectivity index (χ1n) is 9.35. The maximum atomic E-state index is 13.7. The highest BCUT2D eigenvalue weighted by Crippen LogP contribution is 2.31. The van der Waals surface area contributed by atoms with Crippen molar-refractivity contribution < 1.29 is 23.1 Å². The highest BCUT2D eigenvalue weighted by atomic mass is 32.1. The van der Waals surface area contributed by atoms with Crippen LogP contribution in [0.4, 0.5) is 14.5 Å². The van der Waals surface area contributed by atoms with Crippen LogP contribution < -0.4 is 5.32 Å². The smallest absolute Gasteiger partial charge is 0.349 e. The number of fused-ring (bicyclic) bond motifs is 1. The molecule has 2 aromatic carbocycles. The Kier molecular flexibility index (Phi) is 5.51. The second kappa shape index (κ2) is 8.27. The van der Waals surface area contributed by atoms with Crippen molar-refractivity contribution in [1.82, 2.24) is 9.78 Å². The molecule has 2 heterocycles. The molecular formula is C22H17F2N3O3S. The molecule has 4 aromatic rings. The highest BCUT2D eigenvalue weighted by Gasteiger charge is 2.23. The van der Waals surface area contributed by atoms with Crippen LogP contribution in [0.3, 0.4) is 0 Å². The lowest BCUT2D eigenvalue weighted by Crippen LogP contribution is -2.30. The number of aromatic nitrogens is 2. The summed E-state index contributed by atoms with van der Waals surface area (Å²) >= 11 is 1.20. The maximum absolute atomic E-state index is 13.7. The lowest BCUT2D eigenvalue weighted by Gasteiger charge is -2.13. The van der Waals surface area contributed by atoms with Gasteiger partial charge >= 0.3 is 5.97 Å². The predicted octanol–water partition coefficient (Wildman–Crippen LogP) is 4.86. The number of nitrogens with one attached hydrogen (secondary N) is 1. The number of amides is 1. The topological polar surface area (TPSA) is 73.2 Å². The average molecular weight is 441 g/mol. The van der Waals surface area contributed by atoms with Gasteiger partial charge in [-0.05, 0) is 44.2 Å². The summed E-state index contributed by atoms with van der Waals surface area (Å²) in [5, 5.41) is 7.62. The normalized spacial score (nSPS) is 12.0. The summed E-state index contributed by atoms with van der Waals surface area (Å²) in [5.41, 5.74) is 1.41. The average Bonchev–Trinajstić information content (AvgIpc) is 3.31. The number of anilines is 1. The van der Waals surface area contributed by atoms with Gasteiger partial charge in [-0.25, -0.2) is 18.3 Å². The summed E-state index contributed by atoms with van der Waals surface area (Å²) in [6, 6.07) is 14.0. The first-order valence-corrected chi connectivity index (χ1v) is 10.2. The standard InChI is InChI=1S/C22H17F2N3O3S/c1-12-16-11-19(31-21(16)27(26-12)15-6-4-3-5-7-15)22(29)30-13(2)20(28)25-18-9-8-14(23)10-17(18)24/h3-11,13H,1-2H3,(H,25,28). The van der Waals surface area contributed by atoms with Gasteiger partial charge in [-0.15, -0.1) is 11.3 Å². The monoisotopic (exact) mass is 441 g/mol. The zero-order chi connectivity index (χ0) is 22.1. The van der Waals surface area contributed by atoms with E-state index in [1.807, 2.05) is 37.3 Å². The van der Waals surface area contributed by atoms with E-state index in [1.54, 1.807) is 10.7 Å². The van der Waals surface area contributed by atoms with Gasteiger partial charge in [-0.3, -0.25) is 4.79 Å². The van der Waals surface area contributed by atoms with Crippen molar-refractivity contribution in [2.45, 2.75) is 20.0 Å². The van der Waals surface area contributed by atoms with Crippen molar-refractivity contribution in [2.75, 3.05) is 5.32 Å². The minimum absolute atomic E-state index is 0.199. The van der Waals surface area contributed by atoms with Crippen LogP contribution in [-0.4, -0.2) is 27.8 Å². The molecule has 0 bridgehead atoms. The number of hydrogen-bond acceptors (Lipinski definition) is 5. The minimum atomic E-state index is -1.19. The molecule has 0 saturated heterocycles. The van der Waals surface area contributed by atoms with E-state index >= 15 is 0 Å². The van der Waals surface area contributed by atoms with Crippen LogP contribution in [-0.2, 0) is 9.53 Å². The highest BCUT2D eigenvalue weighted by molar-refractivity contribution is 7.20. The van der Waals surface area contributed by atoms with Crippen molar-refractivity contribution in [3.05, 3.63) is 76.8 Å². The van der Waals surface area contributed by atoms with E-state index < -0.39 is 29.6 Å². The molecule has 31 heavy (non-hydrogen) atoms. The van der Waals surface area contributed by atoms with Crippen LogP contribution in [0.2, 0.25) is 0 Å². The molecule has 4 rings (SSSR count). The number of benzene rings is 2. The zero-order valence-corrected chi connectivity index (χ0v) is 17.4. The fourth-order valence-corrected chi connectivity index (χ4v) is 4.06. The first-order chi connectivity index (χ1) is 14.8. The zero-order valence-electron chi connectivity index (χ0n) is 16.6. The molecule has 1 amide bonds. The van der Waals surface area contributed by atoms with Gasteiger partial charge in [0.2, 0.25) is 0 Å². The van der Waals surface area contributed by atoms with E-state index in [9.17, 15) is 18.4 Å². The Morgan fingerprint density at radius 3 is 2.58 bits per heavy atom. The van der Waals surface area contributed by atoms with E-state index in [0.29, 0.717) is 10.9 Å². The Balaban J connectivity index is 1.51. The molecule has 158 valence electrons. The first kappa shape index (κ1) is 20.7. The van der Waals surface area contributed by atoms with Crippen molar-refractivity contribution in [3.63, 3.8) is 0 Å². The summed E-state index contributed by atoms with van der Waals surface area (Å²) in [4.78, 5) is 26.0. The molecule has 2 aromatic heterocycles. The molecule has 9 heteroatoms. The largest absolute Gasteiger partial charge is 0.448 e. The van der Waals surface area contributed by atoms with Crippen molar-refractivity contribution in [3.8, 4) is 5.69 Å². The molecule has 1 N–H and O–H groups in total. The lowest BCUT2D eigenvalue weighted by atomic mass is 10.2. The SMILES string of the molecule is Cc1nn(-c2ccccc2)c2sc(C(=O)OC(C)C(=O)Nc3ccc(F)cc3F)cc12. The molecule has 1 atom stereocenters. The van der Waals surface area contributed by atoms with Gasteiger partial charge in [0, 0.05) is 11.5 Å². The number of rotatable bonds is 5. The quantitative estimate of drug-likeness (QED) is 0.449. The number of esters is 1. The Labute approximate surface area is 180 Å². The third kappa shape index (κ3) is 4.17. The second-order valence-corrected chi connectivity index (χ2v) is 7.85. The number of halogens is 2. The number of aryl methyl sites for hydroxylation is 1. The third-order valence-corrected chi connectivity index (χ3v) is 5.68. The predicted molar refractivity (Wildman–Crippen MR) is 114 cm³/mol. The van der Waals surface area contributed by atoms with Gasteiger partial charge < -0.3 is 10.1 Å². The van der Waals surface area contributed by atoms with Gasteiger partial charge in [-0.2, -0.15) is 5.10 Å². The van der Waals surface area contributed by atoms with Gasteiger partial charge in [0.25, 0.3) is 5.91 Å². The minimum Gasteiger partial charge on any atom is -0.448 e. The Morgan fingerprint density at radius 1 is 1.13 bits per heavy atom. The molecule has 1 unspecified atom stereocenters. The van der Waals surface area contributed by atoms with Crippen LogP contribution in [0.25, 0.3) is 15.9 Å². The van der Waals surface area contributed by atoms with E-state index in [2.05, 4.69) is 10.4 Å². The number of para-hydroxylation sites is 1. The van der Waals surface area contributed by atoms with Gasteiger partial charge in [-0.1, -0.05) is 18.2 Å². The van der Waals surface area contributed by atoms with E-state index in [4.69, 9.17) is 4.74 Å². The molecule has 0 fully saturated rings.